The van der Waals surface area contributed by atoms with Gasteiger partial charge in [0, 0.05) is 6.42 Å². The molecule has 0 saturated heterocycles. The molecule has 0 heterocycles. The molecular formula is C20H27NO6. The number of esters is 2. The van der Waals surface area contributed by atoms with E-state index in [-0.39, 0.29) is 11.8 Å². The molecule has 1 aromatic rings. The largest absolute Gasteiger partial charge is 0.481 e. The SMILES string of the molecule is CCCC(OC(=O)c1ccccc1)OC(=O)C(N)[C@H]1CC[C@H](C(=O)O)CC1. The highest BCUT2D eigenvalue weighted by atomic mass is 16.7. The summed E-state index contributed by atoms with van der Waals surface area (Å²) >= 11 is 0. The molecule has 0 radical (unpaired) electrons. The van der Waals surface area contributed by atoms with Crippen molar-refractivity contribution in [3.05, 3.63) is 35.9 Å². The van der Waals surface area contributed by atoms with Gasteiger partial charge in [-0.2, -0.15) is 0 Å². The van der Waals surface area contributed by atoms with Gasteiger partial charge in [-0.1, -0.05) is 25.1 Å². The highest BCUT2D eigenvalue weighted by Crippen LogP contribution is 2.31. The molecule has 27 heavy (non-hydrogen) atoms. The minimum atomic E-state index is -0.989. The van der Waals surface area contributed by atoms with E-state index in [0.717, 1.165) is 0 Å². The van der Waals surface area contributed by atoms with Crippen molar-refractivity contribution in [2.75, 3.05) is 0 Å². The van der Waals surface area contributed by atoms with Gasteiger partial charge in [-0.3, -0.25) is 9.59 Å². The van der Waals surface area contributed by atoms with Crippen LogP contribution in [-0.4, -0.2) is 35.3 Å². The first-order valence-electron chi connectivity index (χ1n) is 9.37. The van der Waals surface area contributed by atoms with Gasteiger partial charge in [-0.25, -0.2) is 4.79 Å². The third-order valence-electron chi connectivity index (χ3n) is 4.92. The van der Waals surface area contributed by atoms with E-state index in [1.165, 1.54) is 0 Å². The van der Waals surface area contributed by atoms with Gasteiger partial charge in [0.25, 0.3) is 0 Å². The number of ether oxygens (including phenoxy) is 2. The van der Waals surface area contributed by atoms with Crippen molar-refractivity contribution in [2.45, 2.75) is 57.8 Å². The number of rotatable bonds is 8. The lowest BCUT2D eigenvalue weighted by molar-refractivity contribution is -0.172. The molecule has 1 aliphatic rings. The maximum Gasteiger partial charge on any atom is 0.341 e. The molecule has 1 fully saturated rings. The van der Waals surface area contributed by atoms with Gasteiger partial charge in [0.2, 0.25) is 6.29 Å². The van der Waals surface area contributed by atoms with Crippen molar-refractivity contribution in [3.63, 3.8) is 0 Å². The molecule has 0 aromatic heterocycles. The van der Waals surface area contributed by atoms with Crippen LogP contribution in [0.4, 0.5) is 0 Å². The molecule has 7 nitrogen and oxygen atoms in total. The van der Waals surface area contributed by atoms with E-state index in [1.807, 2.05) is 6.92 Å². The fourth-order valence-corrected chi connectivity index (χ4v) is 3.27. The van der Waals surface area contributed by atoms with E-state index in [0.29, 0.717) is 44.1 Å². The van der Waals surface area contributed by atoms with Crippen LogP contribution in [0.5, 0.6) is 0 Å². The number of hydrogen-bond donors (Lipinski definition) is 2. The fourth-order valence-electron chi connectivity index (χ4n) is 3.27. The maximum absolute atomic E-state index is 12.4. The number of carbonyl (C=O) groups is 3. The van der Waals surface area contributed by atoms with Crippen LogP contribution in [0.2, 0.25) is 0 Å². The van der Waals surface area contributed by atoms with Gasteiger partial charge >= 0.3 is 17.9 Å². The molecule has 2 rings (SSSR count). The fraction of sp³-hybridized carbons (Fsp3) is 0.550. The molecule has 0 bridgehead atoms. The standard InChI is InChI=1S/C20H27NO6/c1-2-6-16(26-19(24)15-7-4-3-5-8-15)27-20(25)17(21)13-9-11-14(12-10-13)18(22)23/h3-5,7-8,13-14,16-17H,2,6,9-12,21H2,1H3,(H,22,23)/t13-,14-,16?,17?. The van der Waals surface area contributed by atoms with Gasteiger partial charge in [-0.15, -0.1) is 0 Å². The highest BCUT2D eigenvalue weighted by molar-refractivity contribution is 5.89. The Bertz CT molecular complexity index is 639. The lowest BCUT2D eigenvalue weighted by Crippen LogP contribution is -2.43. The van der Waals surface area contributed by atoms with E-state index in [1.54, 1.807) is 30.3 Å². The Balaban J connectivity index is 1.90. The zero-order valence-electron chi connectivity index (χ0n) is 15.5. The number of carboxylic acid groups (broad SMARTS) is 1. The normalized spacial score (nSPS) is 21.7. The maximum atomic E-state index is 12.4. The molecule has 0 amide bonds. The third-order valence-corrected chi connectivity index (χ3v) is 4.92. The Morgan fingerprint density at radius 1 is 1.11 bits per heavy atom. The van der Waals surface area contributed by atoms with E-state index < -0.39 is 30.2 Å². The van der Waals surface area contributed by atoms with Crippen molar-refractivity contribution in [1.82, 2.24) is 0 Å². The van der Waals surface area contributed by atoms with Crippen molar-refractivity contribution in [1.29, 1.82) is 0 Å². The Labute approximate surface area is 158 Å². The molecule has 1 aliphatic carbocycles. The van der Waals surface area contributed by atoms with Gasteiger partial charge in [-0.05, 0) is 50.2 Å². The third kappa shape index (κ3) is 6.06. The average Bonchev–Trinajstić information content (AvgIpc) is 2.68. The monoisotopic (exact) mass is 377 g/mol. The molecular weight excluding hydrogens is 350 g/mol. The summed E-state index contributed by atoms with van der Waals surface area (Å²) in [5.41, 5.74) is 6.42. The van der Waals surface area contributed by atoms with Gasteiger partial charge in [0.05, 0.1) is 11.5 Å². The minimum Gasteiger partial charge on any atom is -0.481 e. The summed E-state index contributed by atoms with van der Waals surface area (Å²) in [6.07, 6.45) is 2.19. The van der Waals surface area contributed by atoms with Gasteiger partial charge in [0.15, 0.2) is 0 Å². The van der Waals surface area contributed by atoms with E-state index in [2.05, 4.69) is 0 Å². The smallest absolute Gasteiger partial charge is 0.341 e. The molecule has 1 aromatic carbocycles. The van der Waals surface area contributed by atoms with E-state index >= 15 is 0 Å². The van der Waals surface area contributed by atoms with Crippen LogP contribution in [0.15, 0.2) is 30.3 Å². The number of benzene rings is 1. The molecule has 0 spiro atoms. The molecule has 3 N–H and O–H groups in total. The van der Waals surface area contributed by atoms with Crippen LogP contribution >= 0.6 is 0 Å². The summed E-state index contributed by atoms with van der Waals surface area (Å²) in [4.78, 5) is 35.6. The molecule has 7 heteroatoms. The number of aliphatic carboxylic acids is 1. The van der Waals surface area contributed by atoms with E-state index in [4.69, 9.17) is 20.3 Å². The topological polar surface area (TPSA) is 116 Å². The summed E-state index contributed by atoms with van der Waals surface area (Å²) in [5, 5.41) is 9.06. The van der Waals surface area contributed by atoms with Crippen molar-refractivity contribution in [3.8, 4) is 0 Å². The average molecular weight is 377 g/mol. The first kappa shape index (κ1) is 20.9. The second-order valence-corrected chi connectivity index (χ2v) is 6.90. The zero-order chi connectivity index (χ0) is 19.8. The lowest BCUT2D eigenvalue weighted by Gasteiger charge is -2.30. The van der Waals surface area contributed by atoms with Crippen LogP contribution in [0.1, 0.15) is 55.8 Å². The first-order valence-corrected chi connectivity index (χ1v) is 9.37. The Hall–Kier alpha value is -2.41. The van der Waals surface area contributed by atoms with Crippen LogP contribution < -0.4 is 5.73 Å². The van der Waals surface area contributed by atoms with Crippen molar-refractivity contribution >= 4 is 17.9 Å². The van der Waals surface area contributed by atoms with E-state index in [9.17, 15) is 14.4 Å². The van der Waals surface area contributed by atoms with Crippen molar-refractivity contribution in [2.24, 2.45) is 17.6 Å². The van der Waals surface area contributed by atoms with Crippen LogP contribution in [0, 0.1) is 11.8 Å². The number of nitrogens with two attached hydrogens (primary N) is 1. The van der Waals surface area contributed by atoms with Crippen LogP contribution in [0.3, 0.4) is 0 Å². The number of carbonyl (C=O) groups excluding carboxylic acids is 2. The van der Waals surface area contributed by atoms with Crippen molar-refractivity contribution < 1.29 is 29.0 Å². The van der Waals surface area contributed by atoms with Crippen LogP contribution in [-0.2, 0) is 19.1 Å². The summed E-state index contributed by atoms with van der Waals surface area (Å²) < 4.78 is 10.7. The highest BCUT2D eigenvalue weighted by Gasteiger charge is 2.34. The summed E-state index contributed by atoms with van der Waals surface area (Å²) in [5.74, 6) is -2.48. The molecule has 2 atom stereocenters. The quantitative estimate of drug-likeness (QED) is 0.528. The number of hydrogen-bond acceptors (Lipinski definition) is 6. The second kappa shape index (κ2) is 10.1. The lowest BCUT2D eigenvalue weighted by atomic mass is 9.79. The summed E-state index contributed by atoms with van der Waals surface area (Å²) in [6, 6.07) is 7.63. The molecule has 0 aliphatic heterocycles. The predicted octanol–water partition coefficient (Wildman–Crippen LogP) is 2.73. The van der Waals surface area contributed by atoms with Gasteiger partial charge < -0.3 is 20.3 Å². The zero-order valence-corrected chi connectivity index (χ0v) is 15.5. The number of carboxylic acids is 1. The molecule has 1 saturated carbocycles. The molecule has 148 valence electrons. The Kier molecular flexibility index (Phi) is 7.79. The Morgan fingerprint density at radius 3 is 2.30 bits per heavy atom. The first-order chi connectivity index (χ1) is 12.9. The summed E-state index contributed by atoms with van der Waals surface area (Å²) in [7, 11) is 0. The Morgan fingerprint density at radius 2 is 1.74 bits per heavy atom. The second-order valence-electron chi connectivity index (χ2n) is 6.90. The van der Waals surface area contributed by atoms with Crippen LogP contribution in [0.25, 0.3) is 0 Å². The summed E-state index contributed by atoms with van der Waals surface area (Å²) in [6.45, 7) is 1.89. The molecule has 2 unspecified atom stereocenters. The minimum absolute atomic E-state index is 0.125. The predicted molar refractivity (Wildman–Crippen MR) is 97.7 cm³/mol. The van der Waals surface area contributed by atoms with Gasteiger partial charge in [0.1, 0.15) is 6.04 Å².